The molecule has 3 nitrogen and oxygen atoms in total. The van der Waals surface area contributed by atoms with Crippen molar-refractivity contribution in [2.24, 2.45) is 0 Å². The Morgan fingerprint density at radius 3 is 2.72 bits per heavy atom. The van der Waals surface area contributed by atoms with Crippen LogP contribution >= 0.6 is 0 Å². The van der Waals surface area contributed by atoms with Crippen molar-refractivity contribution in [3.8, 4) is 5.75 Å². The van der Waals surface area contributed by atoms with Gasteiger partial charge >= 0.3 is 0 Å². The van der Waals surface area contributed by atoms with Crippen LogP contribution in [0.5, 0.6) is 5.75 Å². The van der Waals surface area contributed by atoms with Crippen molar-refractivity contribution in [3.05, 3.63) is 29.3 Å². The molecule has 0 atom stereocenters. The highest BCUT2D eigenvalue weighted by molar-refractivity contribution is 5.37. The van der Waals surface area contributed by atoms with E-state index in [9.17, 15) is 0 Å². The number of hydrogen-bond acceptors (Lipinski definition) is 3. The zero-order valence-electron chi connectivity index (χ0n) is 12.1. The van der Waals surface area contributed by atoms with Gasteiger partial charge in [0.25, 0.3) is 0 Å². The van der Waals surface area contributed by atoms with E-state index in [0.717, 1.165) is 38.3 Å². The molecule has 3 heteroatoms. The number of nitrogens with zero attached hydrogens (tertiary/aromatic N) is 1. The first kappa shape index (κ1) is 15.0. The molecule has 0 amide bonds. The van der Waals surface area contributed by atoms with Gasteiger partial charge < -0.3 is 15.0 Å². The highest BCUT2D eigenvalue weighted by Gasteiger charge is 2.05. The van der Waals surface area contributed by atoms with E-state index < -0.39 is 0 Å². The van der Waals surface area contributed by atoms with Crippen LogP contribution in [0.4, 0.5) is 0 Å². The second-order valence-electron chi connectivity index (χ2n) is 4.72. The average molecular weight is 250 g/mol. The quantitative estimate of drug-likeness (QED) is 0.715. The zero-order chi connectivity index (χ0) is 13.4. The summed E-state index contributed by atoms with van der Waals surface area (Å²) < 4.78 is 5.40. The van der Waals surface area contributed by atoms with Crippen LogP contribution in [0.2, 0.25) is 0 Å². The van der Waals surface area contributed by atoms with Crippen LogP contribution in [-0.2, 0) is 6.42 Å². The monoisotopic (exact) mass is 250 g/mol. The second-order valence-corrected chi connectivity index (χ2v) is 4.72. The number of nitrogens with one attached hydrogen (secondary N) is 1. The summed E-state index contributed by atoms with van der Waals surface area (Å²) in [6.07, 6.45) is 1.04. The second kappa shape index (κ2) is 8.11. The third-order valence-corrected chi connectivity index (χ3v) is 3.12. The Hall–Kier alpha value is -1.06. The van der Waals surface area contributed by atoms with Gasteiger partial charge in [0.05, 0.1) is 7.11 Å². The highest BCUT2D eigenvalue weighted by atomic mass is 16.5. The van der Waals surface area contributed by atoms with Gasteiger partial charge in [-0.1, -0.05) is 24.6 Å². The number of hydrogen-bond donors (Lipinski definition) is 1. The van der Waals surface area contributed by atoms with Gasteiger partial charge in [-0.2, -0.15) is 0 Å². The van der Waals surface area contributed by atoms with Crippen molar-refractivity contribution in [1.82, 2.24) is 10.2 Å². The van der Waals surface area contributed by atoms with Gasteiger partial charge in [0.1, 0.15) is 5.75 Å². The van der Waals surface area contributed by atoms with Gasteiger partial charge in [0, 0.05) is 19.6 Å². The summed E-state index contributed by atoms with van der Waals surface area (Å²) in [5.74, 6) is 1.00. The largest absolute Gasteiger partial charge is 0.496 e. The summed E-state index contributed by atoms with van der Waals surface area (Å²) in [6.45, 7) is 8.50. The molecule has 0 unspecified atom stereocenters. The summed E-state index contributed by atoms with van der Waals surface area (Å²) in [7, 11) is 3.91. The SMILES string of the molecule is CCNCCN(C)CCc1cc(C)ccc1OC. The van der Waals surface area contributed by atoms with Crippen molar-refractivity contribution in [2.75, 3.05) is 40.3 Å². The van der Waals surface area contributed by atoms with Gasteiger partial charge in [-0.15, -0.1) is 0 Å². The molecule has 0 saturated carbocycles. The summed E-state index contributed by atoms with van der Waals surface area (Å²) in [6, 6.07) is 6.37. The molecular formula is C15H26N2O. The molecule has 102 valence electrons. The Labute approximate surface area is 111 Å². The zero-order valence-corrected chi connectivity index (χ0v) is 12.1. The molecular weight excluding hydrogens is 224 g/mol. The molecule has 1 rings (SSSR count). The lowest BCUT2D eigenvalue weighted by Gasteiger charge is -2.17. The lowest BCUT2D eigenvalue weighted by atomic mass is 10.1. The minimum Gasteiger partial charge on any atom is -0.496 e. The molecule has 0 aliphatic rings. The first-order valence-corrected chi connectivity index (χ1v) is 6.70. The number of likely N-dealkylation sites (N-methyl/N-ethyl adjacent to an activating group) is 2. The Balaban J connectivity index is 2.44. The number of ether oxygens (including phenoxy) is 1. The molecule has 0 bridgehead atoms. The Bertz CT molecular complexity index is 352. The van der Waals surface area contributed by atoms with Crippen molar-refractivity contribution < 1.29 is 4.74 Å². The number of aryl methyl sites for hydroxylation is 1. The molecule has 0 spiro atoms. The van der Waals surface area contributed by atoms with E-state index in [1.165, 1.54) is 11.1 Å². The molecule has 0 saturated heterocycles. The van der Waals surface area contributed by atoms with E-state index in [-0.39, 0.29) is 0 Å². The normalized spacial score (nSPS) is 10.9. The maximum Gasteiger partial charge on any atom is 0.122 e. The summed E-state index contributed by atoms with van der Waals surface area (Å²) in [5, 5.41) is 3.34. The topological polar surface area (TPSA) is 24.5 Å². The predicted octanol–water partition coefficient (Wildman–Crippen LogP) is 2.09. The van der Waals surface area contributed by atoms with Gasteiger partial charge in [0.15, 0.2) is 0 Å². The highest BCUT2D eigenvalue weighted by Crippen LogP contribution is 2.20. The predicted molar refractivity (Wildman–Crippen MR) is 77.5 cm³/mol. The Kier molecular flexibility index (Phi) is 6.76. The van der Waals surface area contributed by atoms with Gasteiger partial charge in [-0.05, 0) is 38.6 Å². The molecule has 0 aliphatic carbocycles. The van der Waals surface area contributed by atoms with Crippen molar-refractivity contribution in [1.29, 1.82) is 0 Å². The molecule has 1 aromatic carbocycles. The third-order valence-electron chi connectivity index (χ3n) is 3.12. The average Bonchev–Trinajstić information content (AvgIpc) is 2.37. The van der Waals surface area contributed by atoms with Crippen molar-refractivity contribution >= 4 is 0 Å². The number of methoxy groups -OCH3 is 1. The van der Waals surface area contributed by atoms with Crippen LogP contribution in [0, 0.1) is 6.92 Å². The standard InChI is InChI=1S/C15H26N2O/c1-5-16-9-11-17(3)10-8-14-12-13(2)6-7-15(14)18-4/h6-7,12,16H,5,8-11H2,1-4H3. The number of benzene rings is 1. The maximum absolute atomic E-state index is 5.40. The van der Waals surface area contributed by atoms with E-state index in [0.29, 0.717) is 0 Å². The van der Waals surface area contributed by atoms with Crippen LogP contribution in [0.15, 0.2) is 18.2 Å². The van der Waals surface area contributed by atoms with Crippen LogP contribution in [0.25, 0.3) is 0 Å². The summed E-state index contributed by atoms with van der Waals surface area (Å²) in [5.41, 5.74) is 2.59. The lowest BCUT2D eigenvalue weighted by Crippen LogP contribution is -2.30. The van der Waals surface area contributed by atoms with E-state index in [1.54, 1.807) is 7.11 Å². The Morgan fingerprint density at radius 2 is 2.06 bits per heavy atom. The minimum atomic E-state index is 1.00. The fraction of sp³-hybridized carbons (Fsp3) is 0.600. The maximum atomic E-state index is 5.40. The molecule has 0 aliphatic heterocycles. The van der Waals surface area contributed by atoms with E-state index in [4.69, 9.17) is 4.74 Å². The van der Waals surface area contributed by atoms with E-state index in [1.807, 2.05) is 0 Å². The van der Waals surface area contributed by atoms with Gasteiger partial charge in [-0.3, -0.25) is 0 Å². The Morgan fingerprint density at radius 1 is 1.28 bits per heavy atom. The first-order chi connectivity index (χ1) is 8.67. The van der Waals surface area contributed by atoms with Crippen LogP contribution in [-0.4, -0.2) is 45.2 Å². The van der Waals surface area contributed by atoms with Crippen LogP contribution in [0.1, 0.15) is 18.1 Å². The third kappa shape index (κ3) is 5.07. The lowest BCUT2D eigenvalue weighted by molar-refractivity contribution is 0.333. The first-order valence-electron chi connectivity index (χ1n) is 6.70. The van der Waals surface area contributed by atoms with Gasteiger partial charge in [0.2, 0.25) is 0 Å². The van der Waals surface area contributed by atoms with Crippen LogP contribution < -0.4 is 10.1 Å². The summed E-state index contributed by atoms with van der Waals surface area (Å²) in [4.78, 5) is 2.35. The molecule has 0 fully saturated rings. The summed E-state index contributed by atoms with van der Waals surface area (Å²) >= 11 is 0. The minimum absolute atomic E-state index is 1.00. The van der Waals surface area contributed by atoms with Crippen molar-refractivity contribution in [3.63, 3.8) is 0 Å². The molecule has 0 aromatic heterocycles. The fourth-order valence-corrected chi connectivity index (χ4v) is 1.97. The smallest absolute Gasteiger partial charge is 0.122 e. The van der Waals surface area contributed by atoms with E-state index in [2.05, 4.69) is 49.3 Å². The molecule has 18 heavy (non-hydrogen) atoms. The van der Waals surface area contributed by atoms with Gasteiger partial charge in [-0.25, -0.2) is 0 Å². The number of rotatable bonds is 8. The van der Waals surface area contributed by atoms with Crippen LogP contribution in [0.3, 0.4) is 0 Å². The van der Waals surface area contributed by atoms with Crippen molar-refractivity contribution in [2.45, 2.75) is 20.3 Å². The molecule has 1 N–H and O–H groups in total. The molecule has 1 aromatic rings. The molecule has 0 radical (unpaired) electrons. The fourth-order valence-electron chi connectivity index (χ4n) is 1.97. The van der Waals surface area contributed by atoms with E-state index >= 15 is 0 Å². The molecule has 0 heterocycles.